The summed E-state index contributed by atoms with van der Waals surface area (Å²) in [6.07, 6.45) is 10.9. The summed E-state index contributed by atoms with van der Waals surface area (Å²) in [6, 6.07) is 0. The molecule has 0 saturated heterocycles. The summed E-state index contributed by atoms with van der Waals surface area (Å²) in [5, 5.41) is 0. The third-order valence-electron chi connectivity index (χ3n) is 8.05. The summed E-state index contributed by atoms with van der Waals surface area (Å²) >= 11 is 2.06. The number of hydrogen-bond donors (Lipinski definition) is 0. The number of carbonyl (C=O) groups is 1. The molecule has 0 bridgehead atoms. The molecule has 0 spiro atoms. The molecule has 7 atom stereocenters. The fourth-order valence-electron chi connectivity index (χ4n) is 6.65. The molecule has 3 fully saturated rings. The lowest BCUT2D eigenvalue weighted by molar-refractivity contribution is -0.132. The first-order chi connectivity index (χ1) is 10.9. The minimum Gasteiger partial charge on any atom is -0.312 e. The first kappa shape index (κ1) is 16.6. The van der Waals surface area contributed by atoms with Crippen molar-refractivity contribution in [2.24, 2.45) is 34.5 Å². The van der Waals surface area contributed by atoms with E-state index in [0.29, 0.717) is 29.1 Å². The smallest absolute Gasteiger partial charge is 0.159 e. The Balaban J connectivity index is 1.72. The monoisotopic (exact) mass is 428 g/mol. The van der Waals surface area contributed by atoms with Gasteiger partial charge in [0, 0.05) is 5.92 Å². The molecule has 23 heavy (non-hydrogen) atoms. The molecule has 0 amide bonds. The zero-order valence-electron chi connectivity index (χ0n) is 14.6. The molecule has 0 aromatic carbocycles. The van der Waals surface area contributed by atoms with Crippen LogP contribution in [0.2, 0.25) is 0 Å². The molecular formula is C20H29IO2. The molecule has 0 aliphatic heterocycles. The standard InChI is InChI=1S/C20H29IO2/c1-12-4-7-20(3)13(8-12)9-17(22)18-15(20)5-6-19(2)11-14(23-21)10-16(18)19/h9,12,14-16,18H,4-8,10-11H2,1-3H3/t12-,14+,15-,16-,18?,19?,20?/m0/s1. The van der Waals surface area contributed by atoms with Crippen LogP contribution in [0.5, 0.6) is 0 Å². The molecule has 2 nitrogen and oxygen atoms in total. The number of hydrogen-bond acceptors (Lipinski definition) is 2. The van der Waals surface area contributed by atoms with Crippen molar-refractivity contribution in [2.45, 2.75) is 71.8 Å². The van der Waals surface area contributed by atoms with Gasteiger partial charge in [-0.15, -0.1) is 0 Å². The van der Waals surface area contributed by atoms with E-state index in [1.807, 2.05) is 0 Å². The Labute approximate surface area is 154 Å². The lowest BCUT2D eigenvalue weighted by Gasteiger charge is -2.56. The highest BCUT2D eigenvalue weighted by atomic mass is 127. The van der Waals surface area contributed by atoms with Crippen molar-refractivity contribution in [3.05, 3.63) is 11.6 Å². The van der Waals surface area contributed by atoms with Crippen molar-refractivity contribution in [3.63, 3.8) is 0 Å². The van der Waals surface area contributed by atoms with Crippen LogP contribution in [0.1, 0.15) is 65.7 Å². The Morgan fingerprint density at radius 3 is 2.74 bits per heavy atom. The summed E-state index contributed by atoms with van der Waals surface area (Å²) in [4.78, 5) is 13.1. The average molecular weight is 428 g/mol. The van der Waals surface area contributed by atoms with E-state index in [1.54, 1.807) is 0 Å². The third-order valence-corrected chi connectivity index (χ3v) is 8.77. The molecule has 4 aliphatic carbocycles. The molecule has 128 valence electrons. The van der Waals surface area contributed by atoms with Crippen LogP contribution in [-0.2, 0) is 7.86 Å². The van der Waals surface area contributed by atoms with Crippen molar-refractivity contribution in [2.75, 3.05) is 0 Å². The SMILES string of the molecule is C[C@H]1CCC2(C)C(=CC(=O)C3[C@@H]4C[C@@H](OI)CC4(C)CC[C@@H]32)C1. The maximum atomic E-state index is 13.1. The van der Waals surface area contributed by atoms with E-state index in [1.165, 1.54) is 31.3 Å². The third kappa shape index (κ3) is 2.39. The van der Waals surface area contributed by atoms with Gasteiger partial charge in [-0.1, -0.05) is 26.3 Å². The lowest BCUT2D eigenvalue weighted by Crippen LogP contribution is -2.52. The number of allylic oxidation sites excluding steroid dienone is 2. The van der Waals surface area contributed by atoms with Crippen LogP contribution in [0.3, 0.4) is 0 Å². The minimum atomic E-state index is 0.257. The van der Waals surface area contributed by atoms with Crippen molar-refractivity contribution in [1.82, 2.24) is 0 Å². The maximum absolute atomic E-state index is 13.1. The number of halogens is 1. The van der Waals surface area contributed by atoms with Gasteiger partial charge in [-0.3, -0.25) is 4.79 Å². The Bertz CT molecular complexity index is 556. The van der Waals surface area contributed by atoms with Gasteiger partial charge >= 0.3 is 0 Å². The van der Waals surface area contributed by atoms with Gasteiger partial charge in [0.2, 0.25) is 0 Å². The summed E-state index contributed by atoms with van der Waals surface area (Å²) in [7, 11) is 0. The summed E-state index contributed by atoms with van der Waals surface area (Å²) < 4.78 is 5.67. The quantitative estimate of drug-likeness (QED) is 0.516. The molecule has 4 aliphatic rings. The number of rotatable bonds is 1. The van der Waals surface area contributed by atoms with Crippen LogP contribution in [0.25, 0.3) is 0 Å². The highest BCUT2D eigenvalue weighted by molar-refractivity contribution is 14.1. The predicted molar refractivity (Wildman–Crippen MR) is 100 cm³/mol. The normalized spacial score (nSPS) is 52.4. The zero-order chi connectivity index (χ0) is 16.4. The molecule has 0 aromatic heterocycles. The van der Waals surface area contributed by atoms with E-state index in [2.05, 4.69) is 49.9 Å². The van der Waals surface area contributed by atoms with Crippen molar-refractivity contribution >= 4 is 28.8 Å². The Morgan fingerprint density at radius 2 is 2.00 bits per heavy atom. The Hall–Kier alpha value is 0.1000. The number of fused-ring (bicyclic) bond motifs is 5. The van der Waals surface area contributed by atoms with Gasteiger partial charge in [0.1, 0.15) is 23.0 Å². The number of carbonyl (C=O) groups excluding carboxylic acids is 1. The maximum Gasteiger partial charge on any atom is 0.159 e. The molecule has 3 unspecified atom stereocenters. The Kier molecular flexibility index (Phi) is 4.00. The summed E-state index contributed by atoms with van der Waals surface area (Å²) in [5.74, 6) is 2.56. The van der Waals surface area contributed by atoms with E-state index >= 15 is 0 Å². The van der Waals surface area contributed by atoms with Gasteiger partial charge in [0.15, 0.2) is 5.78 Å². The second-order valence-electron chi connectivity index (χ2n) is 9.42. The fraction of sp³-hybridized carbons (Fsp3) is 0.850. The second kappa shape index (κ2) is 5.55. The van der Waals surface area contributed by atoms with Crippen LogP contribution >= 0.6 is 23.0 Å². The predicted octanol–water partition coefficient (Wildman–Crippen LogP) is 5.50. The lowest BCUT2D eigenvalue weighted by atomic mass is 9.47. The molecule has 3 heteroatoms. The van der Waals surface area contributed by atoms with Gasteiger partial charge in [-0.2, -0.15) is 0 Å². The molecule has 0 aromatic rings. The van der Waals surface area contributed by atoms with Crippen LogP contribution in [0.15, 0.2) is 11.6 Å². The molecule has 0 heterocycles. The largest absolute Gasteiger partial charge is 0.312 e. The second-order valence-corrected chi connectivity index (χ2v) is 9.93. The van der Waals surface area contributed by atoms with Gasteiger partial charge in [-0.05, 0) is 79.6 Å². The molecule has 4 rings (SSSR count). The van der Waals surface area contributed by atoms with Crippen LogP contribution in [0, 0.1) is 34.5 Å². The van der Waals surface area contributed by atoms with Gasteiger partial charge < -0.3 is 3.07 Å². The topological polar surface area (TPSA) is 26.3 Å². The Morgan fingerprint density at radius 1 is 1.22 bits per heavy atom. The van der Waals surface area contributed by atoms with Crippen molar-refractivity contribution in [1.29, 1.82) is 0 Å². The van der Waals surface area contributed by atoms with Crippen LogP contribution in [0.4, 0.5) is 0 Å². The number of ketones is 1. The molecule has 0 N–H and O–H groups in total. The van der Waals surface area contributed by atoms with E-state index in [4.69, 9.17) is 3.07 Å². The van der Waals surface area contributed by atoms with E-state index in [9.17, 15) is 4.79 Å². The van der Waals surface area contributed by atoms with E-state index < -0.39 is 0 Å². The van der Waals surface area contributed by atoms with E-state index in [-0.39, 0.29) is 11.3 Å². The zero-order valence-corrected chi connectivity index (χ0v) is 16.8. The molecule has 0 radical (unpaired) electrons. The van der Waals surface area contributed by atoms with Crippen molar-refractivity contribution < 1.29 is 7.86 Å². The molecular weight excluding hydrogens is 399 g/mol. The summed E-state index contributed by atoms with van der Waals surface area (Å²) in [5.41, 5.74) is 2.08. The van der Waals surface area contributed by atoms with Gasteiger partial charge in [0.25, 0.3) is 0 Å². The minimum absolute atomic E-state index is 0.257. The van der Waals surface area contributed by atoms with Gasteiger partial charge in [0.05, 0.1) is 6.10 Å². The van der Waals surface area contributed by atoms with E-state index in [0.717, 1.165) is 25.2 Å². The molecule has 3 saturated carbocycles. The van der Waals surface area contributed by atoms with Gasteiger partial charge in [-0.25, -0.2) is 0 Å². The fourth-order valence-corrected chi connectivity index (χ4v) is 7.03. The highest BCUT2D eigenvalue weighted by Gasteiger charge is 2.59. The van der Waals surface area contributed by atoms with Crippen molar-refractivity contribution in [3.8, 4) is 0 Å². The first-order valence-corrected chi connectivity index (χ1v) is 10.3. The highest BCUT2D eigenvalue weighted by Crippen LogP contribution is 2.64. The van der Waals surface area contributed by atoms with Crippen LogP contribution < -0.4 is 0 Å². The summed E-state index contributed by atoms with van der Waals surface area (Å²) in [6.45, 7) is 7.23. The first-order valence-electron chi connectivity index (χ1n) is 9.40. The average Bonchev–Trinajstić information content (AvgIpc) is 2.86. The van der Waals surface area contributed by atoms with Crippen LogP contribution in [-0.4, -0.2) is 11.9 Å².